The van der Waals surface area contributed by atoms with Crippen LogP contribution in [-0.2, 0) is 9.53 Å². The summed E-state index contributed by atoms with van der Waals surface area (Å²) in [4.78, 5) is 13.4. The van der Waals surface area contributed by atoms with Crippen LogP contribution in [0.15, 0.2) is 0 Å². The first-order valence-electron chi connectivity index (χ1n) is 6.26. The Bertz CT molecular complexity index is 252. The van der Waals surface area contributed by atoms with Crippen molar-refractivity contribution >= 4 is 5.91 Å². The van der Waals surface area contributed by atoms with E-state index in [4.69, 9.17) is 10.5 Å². The van der Waals surface area contributed by atoms with Crippen molar-refractivity contribution in [1.29, 1.82) is 0 Å². The lowest BCUT2D eigenvalue weighted by atomic mass is 9.94. The molecule has 1 heterocycles. The summed E-state index contributed by atoms with van der Waals surface area (Å²) in [5.41, 5.74) is 4.96. The van der Waals surface area contributed by atoms with Crippen LogP contribution < -0.4 is 5.73 Å². The zero-order valence-electron chi connectivity index (χ0n) is 10.8. The fourth-order valence-corrected chi connectivity index (χ4v) is 1.96. The third-order valence-electron chi connectivity index (χ3n) is 3.34. The topological polar surface area (TPSA) is 75.8 Å². The smallest absolute Gasteiger partial charge is 0.223 e. The molecule has 3 N–H and O–H groups in total. The van der Waals surface area contributed by atoms with E-state index in [1.54, 1.807) is 11.9 Å². The minimum Gasteiger partial charge on any atom is -0.388 e. The van der Waals surface area contributed by atoms with Gasteiger partial charge in [-0.2, -0.15) is 0 Å². The van der Waals surface area contributed by atoms with E-state index in [1.807, 2.05) is 6.92 Å². The van der Waals surface area contributed by atoms with Gasteiger partial charge in [0.25, 0.3) is 0 Å². The van der Waals surface area contributed by atoms with Crippen LogP contribution in [-0.4, -0.2) is 54.4 Å². The van der Waals surface area contributed by atoms with E-state index in [9.17, 15) is 9.90 Å². The molecule has 1 amide bonds. The Labute approximate surface area is 103 Å². The summed E-state index contributed by atoms with van der Waals surface area (Å²) in [6.07, 6.45) is 2.31. The van der Waals surface area contributed by atoms with Gasteiger partial charge in [-0.1, -0.05) is 6.92 Å². The number of ether oxygens (including phenoxy) is 1. The standard InChI is InChI=1S/C12H24N2O3/c1-3-10(13)8-11(15)14(2)9-12(16)4-6-17-7-5-12/h10,16H,3-9,13H2,1-2H3. The summed E-state index contributed by atoms with van der Waals surface area (Å²) >= 11 is 0. The highest BCUT2D eigenvalue weighted by atomic mass is 16.5. The molecule has 17 heavy (non-hydrogen) atoms. The van der Waals surface area contributed by atoms with Gasteiger partial charge in [-0.05, 0) is 6.42 Å². The molecule has 5 heteroatoms. The molecule has 0 bridgehead atoms. The molecule has 0 aromatic carbocycles. The van der Waals surface area contributed by atoms with Crippen LogP contribution in [0.2, 0.25) is 0 Å². The second-order valence-electron chi connectivity index (χ2n) is 4.96. The minimum absolute atomic E-state index is 0.000679. The average Bonchev–Trinajstić information content (AvgIpc) is 2.29. The Morgan fingerprint density at radius 2 is 2.12 bits per heavy atom. The Kier molecular flexibility index (Phi) is 5.36. The molecule has 0 spiro atoms. The van der Waals surface area contributed by atoms with Gasteiger partial charge in [0.1, 0.15) is 0 Å². The number of carbonyl (C=O) groups is 1. The van der Waals surface area contributed by atoms with Crippen molar-refractivity contribution in [3.05, 3.63) is 0 Å². The molecule has 0 aromatic heterocycles. The van der Waals surface area contributed by atoms with Crippen molar-refractivity contribution in [2.75, 3.05) is 26.8 Å². The van der Waals surface area contributed by atoms with E-state index in [0.29, 0.717) is 39.0 Å². The fourth-order valence-electron chi connectivity index (χ4n) is 1.96. The lowest BCUT2D eigenvalue weighted by Gasteiger charge is -2.35. The lowest BCUT2D eigenvalue weighted by Crippen LogP contribution is -2.48. The number of nitrogens with two attached hydrogens (primary N) is 1. The van der Waals surface area contributed by atoms with Crippen LogP contribution in [0.1, 0.15) is 32.6 Å². The van der Waals surface area contributed by atoms with Crippen molar-refractivity contribution < 1.29 is 14.6 Å². The monoisotopic (exact) mass is 244 g/mol. The predicted molar refractivity (Wildman–Crippen MR) is 65.5 cm³/mol. The third-order valence-corrected chi connectivity index (χ3v) is 3.34. The first-order chi connectivity index (χ1) is 7.97. The highest BCUT2D eigenvalue weighted by Gasteiger charge is 2.32. The van der Waals surface area contributed by atoms with Crippen LogP contribution in [0.25, 0.3) is 0 Å². The maximum atomic E-state index is 11.8. The molecule has 0 aliphatic carbocycles. The highest BCUT2D eigenvalue weighted by molar-refractivity contribution is 5.76. The molecule has 1 aliphatic heterocycles. The average molecular weight is 244 g/mol. The van der Waals surface area contributed by atoms with Gasteiger partial charge in [-0.3, -0.25) is 4.79 Å². The number of nitrogens with zero attached hydrogens (tertiary/aromatic N) is 1. The summed E-state index contributed by atoms with van der Waals surface area (Å²) < 4.78 is 5.21. The van der Waals surface area contributed by atoms with E-state index in [0.717, 1.165) is 6.42 Å². The molecule has 1 aliphatic rings. The van der Waals surface area contributed by atoms with Crippen LogP contribution in [0.4, 0.5) is 0 Å². The van der Waals surface area contributed by atoms with Gasteiger partial charge in [0.2, 0.25) is 5.91 Å². The van der Waals surface area contributed by atoms with E-state index >= 15 is 0 Å². The Morgan fingerprint density at radius 1 is 1.53 bits per heavy atom. The van der Waals surface area contributed by atoms with Gasteiger partial charge in [0.15, 0.2) is 0 Å². The molecule has 0 radical (unpaired) electrons. The van der Waals surface area contributed by atoms with Gasteiger partial charge >= 0.3 is 0 Å². The third kappa shape index (κ3) is 4.61. The van der Waals surface area contributed by atoms with E-state index in [-0.39, 0.29) is 11.9 Å². The number of amides is 1. The first-order valence-corrected chi connectivity index (χ1v) is 6.26. The van der Waals surface area contributed by atoms with Gasteiger partial charge < -0.3 is 20.5 Å². The Balaban J connectivity index is 2.41. The summed E-state index contributed by atoms with van der Waals surface area (Å²) in [7, 11) is 1.72. The number of aliphatic hydroxyl groups is 1. The Hall–Kier alpha value is -0.650. The number of rotatable bonds is 5. The van der Waals surface area contributed by atoms with E-state index in [1.165, 1.54) is 0 Å². The zero-order chi connectivity index (χ0) is 12.9. The van der Waals surface area contributed by atoms with Crippen LogP contribution in [0.3, 0.4) is 0 Å². The van der Waals surface area contributed by atoms with E-state index < -0.39 is 5.60 Å². The molecule has 100 valence electrons. The van der Waals surface area contributed by atoms with Crippen LogP contribution >= 0.6 is 0 Å². The van der Waals surface area contributed by atoms with Gasteiger partial charge in [0.05, 0.1) is 5.60 Å². The second-order valence-corrected chi connectivity index (χ2v) is 4.96. The fraction of sp³-hybridized carbons (Fsp3) is 0.917. The Morgan fingerprint density at radius 3 is 2.65 bits per heavy atom. The molecule has 1 atom stereocenters. The van der Waals surface area contributed by atoms with Gasteiger partial charge in [-0.25, -0.2) is 0 Å². The second kappa shape index (κ2) is 6.33. The van der Waals surface area contributed by atoms with Crippen molar-refractivity contribution in [2.24, 2.45) is 5.73 Å². The number of carbonyl (C=O) groups excluding carboxylic acids is 1. The summed E-state index contributed by atoms with van der Waals surface area (Å²) in [6, 6.07) is -0.0886. The molecule has 1 rings (SSSR count). The summed E-state index contributed by atoms with van der Waals surface area (Å²) in [5.74, 6) is -0.000679. The largest absolute Gasteiger partial charge is 0.388 e. The zero-order valence-corrected chi connectivity index (χ0v) is 10.8. The number of likely N-dealkylation sites (N-methyl/N-ethyl adjacent to an activating group) is 1. The number of hydrogen-bond acceptors (Lipinski definition) is 4. The van der Waals surface area contributed by atoms with Crippen molar-refractivity contribution in [3.8, 4) is 0 Å². The maximum absolute atomic E-state index is 11.8. The quantitative estimate of drug-likeness (QED) is 0.720. The predicted octanol–water partition coefficient (Wildman–Crippen LogP) is 0.114. The van der Waals surface area contributed by atoms with Gasteiger partial charge in [0, 0.05) is 52.1 Å². The number of hydrogen-bond donors (Lipinski definition) is 2. The van der Waals surface area contributed by atoms with Crippen molar-refractivity contribution in [1.82, 2.24) is 4.90 Å². The molecule has 0 saturated carbocycles. The minimum atomic E-state index is -0.793. The summed E-state index contributed by atoms with van der Waals surface area (Å²) in [5, 5.41) is 10.3. The van der Waals surface area contributed by atoms with Gasteiger partial charge in [-0.15, -0.1) is 0 Å². The molecular formula is C12H24N2O3. The lowest BCUT2D eigenvalue weighted by molar-refractivity contribution is -0.137. The molecule has 1 saturated heterocycles. The molecule has 0 aromatic rings. The molecule has 1 unspecified atom stereocenters. The molecular weight excluding hydrogens is 220 g/mol. The molecule has 5 nitrogen and oxygen atoms in total. The normalized spacial score (nSPS) is 20.9. The highest BCUT2D eigenvalue weighted by Crippen LogP contribution is 2.21. The first kappa shape index (κ1) is 14.4. The van der Waals surface area contributed by atoms with Crippen LogP contribution in [0.5, 0.6) is 0 Å². The summed E-state index contributed by atoms with van der Waals surface area (Å²) in [6.45, 7) is 3.45. The van der Waals surface area contributed by atoms with Crippen molar-refractivity contribution in [3.63, 3.8) is 0 Å². The SMILES string of the molecule is CCC(N)CC(=O)N(C)CC1(O)CCOCC1. The van der Waals surface area contributed by atoms with E-state index in [2.05, 4.69) is 0 Å². The maximum Gasteiger partial charge on any atom is 0.223 e. The van der Waals surface area contributed by atoms with Crippen molar-refractivity contribution in [2.45, 2.75) is 44.2 Å². The van der Waals surface area contributed by atoms with Crippen LogP contribution in [0, 0.1) is 0 Å². The molecule has 1 fully saturated rings.